The van der Waals surface area contributed by atoms with Crippen molar-refractivity contribution in [1.82, 2.24) is 4.98 Å². The van der Waals surface area contributed by atoms with Gasteiger partial charge in [0, 0.05) is 5.56 Å². The van der Waals surface area contributed by atoms with E-state index in [1.54, 1.807) is 18.2 Å². The molecule has 0 aliphatic rings. The van der Waals surface area contributed by atoms with E-state index in [-0.39, 0.29) is 11.6 Å². The zero-order valence-electron chi connectivity index (χ0n) is 8.15. The van der Waals surface area contributed by atoms with Gasteiger partial charge < -0.3 is 0 Å². The SMILES string of the molecule is O=C(c1ccc(F)cc1)c1cccc(Br)n1. The Morgan fingerprint density at radius 1 is 1.12 bits per heavy atom. The third-order valence-electron chi connectivity index (χ3n) is 2.05. The molecule has 2 aromatic rings. The lowest BCUT2D eigenvalue weighted by molar-refractivity contribution is 0.103. The zero-order valence-corrected chi connectivity index (χ0v) is 9.74. The fourth-order valence-corrected chi connectivity index (χ4v) is 1.63. The van der Waals surface area contributed by atoms with Gasteiger partial charge >= 0.3 is 0 Å². The van der Waals surface area contributed by atoms with E-state index in [4.69, 9.17) is 0 Å². The van der Waals surface area contributed by atoms with Gasteiger partial charge in [-0.05, 0) is 52.3 Å². The van der Waals surface area contributed by atoms with Gasteiger partial charge in [-0.3, -0.25) is 4.79 Å². The summed E-state index contributed by atoms with van der Waals surface area (Å²) >= 11 is 3.19. The van der Waals surface area contributed by atoms with Gasteiger partial charge in [-0.25, -0.2) is 9.37 Å². The monoisotopic (exact) mass is 279 g/mol. The third kappa shape index (κ3) is 2.33. The number of nitrogens with zero attached hydrogens (tertiary/aromatic N) is 1. The molecule has 0 radical (unpaired) electrons. The van der Waals surface area contributed by atoms with Crippen LogP contribution in [0.3, 0.4) is 0 Å². The molecular formula is C12H7BrFNO. The zero-order chi connectivity index (χ0) is 11.5. The normalized spacial score (nSPS) is 10.1. The average molecular weight is 280 g/mol. The number of carbonyl (C=O) groups excluding carboxylic acids is 1. The lowest BCUT2D eigenvalue weighted by Gasteiger charge is -2.00. The quantitative estimate of drug-likeness (QED) is 0.624. The number of pyridine rings is 1. The second-order valence-corrected chi connectivity index (χ2v) is 3.99. The highest BCUT2D eigenvalue weighted by atomic mass is 79.9. The van der Waals surface area contributed by atoms with Crippen molar-refractivity contribution in [2.75, 3.05) is 0 Å². The topological polar surface area (TPSA) is 30.0 Å². The van der Waals surface area contributed by atoms with Crippen LogP contribution < -0.4 is 0 Å². The second kappa shape index (κ2) is 4.53. The van der Waals surface area contributed by atoms with E-state index >= 15 is 0 Å². The molecule has 0 saturated heterocycles. The smallest absolute Gasteiger partial charge is 0.211 e. The first-order chi connectivity index (χ1) is 7.66. The summed E-state index contributed by atoms with van der Waals surface area (Å²) in [5.41, 5.74) is 0.757. The van der Waals surface area contributed by atoms with Crippen molar-refractivity contribution in [3.8, 4) is 0 Å². The minimum Gasteiger partial charge on any atom is -0.287 e. The molecule has 1 heterocycles. The predicted molar refractivity (Wildman–Crippen MR) is 61.8 cm³/mol. The summed E-state index contributed by atoms with van der Waals surface area (Å²) in [7, 11) is 0. The molecule has 0 aliphatic carbocycles. The predicted octanol–water partition coefficient (Wildman–Crippen LogP) is 3.21. The Morgan fingerprint density at radius 3 is 2.44 bits per heavy atom. The average Bonchev–Trinajstić information content (AvgIpc) is 2.29. The Labute approximate surface area is 100 Å². The van der Waals surface area contributed by atoms with Gasteiger partial charge in [-0.2, -0.15) is 0 Å². The van der Waals surface area contributed by atoms with Crippen molar-refractivity contribution >= 4 is 21.7 Å². The van der Waals surface area contributed by atoms with Crippen LogP contribution in [-0.4, -0.2) is 10.8 Å². The fraction of sp³-hybridized carbons (Fsp3) is 0. The van der Waals surface area contributed by atoms with Crippen LogP contribution in [-0.2, 0) is 0 Å². The fourth-order valence-electron chi connectivity index (χ4n) is 1.28. The number of aromatic nitrogens is 1. The molecule has 0 spiro atoms. The third-order valence-corrected chi connectivity index (χ3v) is 2.50. The highest BCUT2D eigenvalue weighted by Gasteiger charge is 2.10. The largest absolute Gasteiger partial charge is 0.287 e. The van der Waals surface area contributed by atoms with Crippen molar-refractivity contribution in [2.24, 2.45) is 0 Å². The van der Waals surface area contributed by atoms with E-state index in [0.717, 1.165) is 0 Å². The molecule has 0 saturated carbocycles. The van der Waals surface area contributed by atoms with Gasteiger partial charge in [0.1, 0.15) is 16.1 Å². The van der Waals surface area contributed by atoms with Crippen molar-refractivity contribution in [3.63, 3.8) is 0 Å². The first-order valence-electron chi connectivity index (χ1n) is 4.59. The first kappa shape index (κ1) is 11.0. The van der Waals surface area contributed by atoms with Gasteiger partial charge in [-0.15, -0.1) is 0 Å². The molecule has 2 nitrogen and oxygen atoms in total. The lowest BCUT2D eigenvalue weighted by Crippen LogP contribution is -2.03. The molecule has 0 bridgehead atoms. The Bertz CT molecular complexity index is 525. The van der Waals surface area contributed by atoms with E-state index in [9.17, 15) is 9.18 Å². The summed E-state index contributed by atoms with van der Waals surface area (Å²) < 4.78 is 13.3. The molecule has 0 unspecified atom stereocenters. The highest BCUT2D eigenvalue weighted by Crippen LogP contribution is 2.12. The molecule has 2 rings (SSSR count). The van der Waals surface area contributed by atoms with E-state index < -0.39 is 0 Å². The summed E-state index contributed by atoms with van der Waals surface area (Å²) in [5.74, 6) is -0.583. The Kier molecular flexibility index (Phi) is 3.10. The number of rotatable bonds is 2. The van der Waals surface area contributed by atoms with Gasteiger partial charge in [0.05, 0.1) is 0 Å². The molecule has 0 fully saturated rings. The van der Waals surface area contributed by atoms with Gasteiger partial charge in [0.25, 0.3) is 0 Å². The maximum atomic E-state index is 12.7. The molecule has 16 heavy (non-hydrogen) atoms. The van der Waals surface area contributed by atoms with E-state index in [2.05, 4.69) is 20.9 Å². The number of hydrogen-bond acceptors (Lipinski definition) is 2. The Hall–Kier alpha value is -1.55. The molecule has 0 amide bonds. The van der Waals surface area contributed by atoms with Crippen molar-refractivity contribution in [1.29, 1.82) is 0 Å². The second-order valence-electron chi connectivity index (χ2n) is 3.18. The number of ketones is 1. The Morgan fingerprint density at radius 2 is 1.81 bits per heavy atom. The molecular weight excluding hydrogens is 273 g/mol. The number of carbonyl (C=O) groups is 1. The van der Waals surface area contributed by atoms with Crippen LogP contribution >= 0.6 is 15.9 Å². The summed E-state index contributed by atoms with van der Waals surface area (Å²) in [6.45, 7) is 0. The number of benzene rings is 1. The molecule has 0 atom stereocenters. The lowest BCUT2D eigenvalue weighted by atomic mass is 10.1. The van der Waals surface area contributed by atoms with Crippen LogP contribution in [0.2, 0.25) is 0 Å². The van der Waals surface area contributed by atoms with Gasteiger partial charge in [-0.1, -0.05) is 6.07 Å². The summed E-state index contributed by atoms with van der Waals surface area (Å²) in [4.78, 5) is 15.9. The summed E-state index contributed by atoms with van der Waals surface area (Å²) in [5, 5.41) is 0. The van der Waals surface area contributed by atoms with Crippen LogP contribution in [0, 0.1) is 5.82 Å². The van der Waals surface area contributed by atoms with Crippen molar-refractivity contribution in [2.45, 2.75) is 0 Å². The summed E-state index contributed by atoms with van der Waals surface area (Å²) in [6, 6.07) is 10.5. The minimum absolute atomic E-state index is 0.221. The highest BCUT2D eigenvalue weighted by molar-refractivity contribution is 9.10. The molecule has 80 valence electrons. The molecule has 4 heteroatoms. The van der Waals surface area contributed by atoms with Crippen LogP contribution in [0.5, 0.6) is 0 Å². The van der Waals surface area contributed by atoms with E-state index in [0.29, 0.717) is 15.9 Å². The van der Waals surface area contributed by atoms with Crippen molar-refractivity contribution < 1.29 is 9.18 Å². The first-order valence-corrected chi connectivity index (χ1v) is 5.39. The molecule has 0 N–H and O–H groups in total. The van der Waals surface area contributed by atoms with Crippen LogP contribution in [0.4, 0.5) is 4.39 Å². The van der Waals surface area contributed by atoms with Crippen LogP contribution in [0.1, 0.15) is 16.1 Å². The summed E-state index contributed by atoms with van der Waals surface area (Å²) in [6.07, 6.45) is 0. The Balaban J connectivity index is 2.35. The molecule has 0 aliphatic heterocycles. The number of halogens is 2. The van der Waals surface area contributed by atoms with Gasteiger partial charge in [0.15, 0.2) is 0 Å². The standard InChI is InChI=1S/C12H7BrFNO/c13-11-3-1-2-10(15-11)12(16)8-4-6-9(14)7-5-8/h1-7H. The van der Waals surface area contributed by atoms with Crippen molar-refractivity contribution in [3.05, 3.63) is 64.1 Å². The molecule has 1 aromatic carbocycles. The maximum Gasteiger partial charge on any atom is 0.211 e. The van der Waals surface area contributed by atoms with Crippen LogP contribution in [0.15, 0.2) is 47.1 Å². The van der Waals surface area contributed by atoms with E-state index in [1.165, 1.54) is 24.3 Å². The minimum atomic E-state index is -0.362. The molecule has 1 aromatic heterocycles. The maximum absolute atomic E-state index is 12.7. The van der Waals surface area contributed by atoms with Crippen LogP contribution in [0.25, 0.3) is 0 Å². The van der Waals surface area contributed by atoms with E-state index in [1.807, 2.05) is 0 Å². The number of hydrogen-bond donors (Lipinski definition) is 0. The van der Waals surface area contributed by atoms with Gasteiger partial charge in [0.2, 0.25) is 5.78 Å².